The summed E-state index contributed by atoms with van der Waals surface area (Å²) in [6.07, 6.45) is 1.72. The van der Waals surface area contributed by atoms with E-state index in [1.165, 1.54) is 0 Å². The van der Waals surface area contributed by atoms with Gasteiger partial charge in [0.05, 0.1) is 12.3 Å². The first kappa shape index (κ1) is 12.2. The smallest absolute Gasteiger partial charge is 0.135 e. The number of para-hydroxylation sites is 1. The molecule has 2 heterocycles. The molecular weight excluding hydrogens is 262 g/mol. The molecular formula is C18H15NO2. The summed E-state index contributed by atoms with van der Waals surface area (Å²) in [6.45, 7) is 1.92. The number of nitrogens with two attached hydrogens (primary N) is 1. The lowest BCUT2D eigenvalue weighted by Gasteiger charge is -2.09. The molecule has 0 spiro atoms. The molecule has 0 aliphatic heterocycles. The van der Waals surface area contributed by atoms with Crippen molar-refractivity contribution >= 4 is 21.9 Å². The van der Waals surface area contributed by atoms with E-state index in [2.05, 4.69) is 12.1 Å². The molecule has 0 aliphatic rings. The molecule has 4 rings (SSSR count). The normalized spacial score (nSPS) is 13.0. The first-order valence-corrected chi connectivity index (χ1v) is 6.94. The highest BCUT2D eigenvalue weighted by Gasteiger charge is 2.14. The molecule has 104 valence electrons. The average Bonchev–Trinajstić information content (AvgIpc) is 3.09. The van der Waals surface area contributed by atoms with Crippen molar-refractivity contribution in [2.24, 2.45) is 5.73 Å². The maximum atomic E-state index is 6.34. The molecule has 2 aromatic heterocycles. The highest BCUT2D eigenvalue weighted by molar-refractivity contribution is 6.05. The van der Waals surface area contributed by atoms with Crippen LogP contribution in [-0.2, 0) is 0 Å². The topological polar surface area (TPSA) is 52.3 Å². The van der Waals surface area contributed by atoms with E-state index in [0.717, 1.165) is 38.8 Å². The Balaban J connectivity index is 1.88. The first-order valence-electron chi connectivity index (χ1n) is 6.94. The zero-order valence-corrected chi connectivity index (χ0v) is 11.7. The molecule has 0 saturated heterocycles. The van der Waals surface area contributed by atoms with Gasteiger partial charge in [-0.05, 0) is 36.8 Å². The SMILES string of the molecule is Cc1cc(C(N)c2ccc3oc4ccccc4c3c2)co1. The Morgan fingerprint density at radius 1 is 0.905 bits per heavy atom. The van der Waals surface area contributed by atoms with E-state index in [-0.39, 0.29) is 6.04 Å². The second kappa shape index (κ2) is 4.50. The number of hydrogen-bond acceptors (Lipinski definition) is 3. The zero-order valence-electron chi connectivity index (χ0n) is 11.7. The van der Waals surface area contributed by atoms with Crippen LogP contribution in [0.15, 0.2) is 63.6 Å². The lowest BCUT2D eigenvalue weighted by molar-refractivity contribution is 0.530. The van der Waals surface area contributed by atoms with Crippen LogP contribution in [0, 0.1) is 6.92 Å². The van der Waals surface area contributed by atoms with Crippen LogP contribution in [0.3, 0.4) is 0 Å². The predicted octanol–water partition coefficient (Wildman–Crippen LogP) is 4.54. The van der Waals surface area contributed by atoms with Crippen molar-refractivity contribution < 1.29 is 8.83 Å². The van der Waals surface area contributed by atoms with Crippen molar-refractivity contribution in [2.45, 2.75) is 13.0 Å². The number of fused-ring (bicyclic) bond motifs is 3. The highest BCUT2D eigenvalue weighted by atomic mass is 16.3. The van der Waals surface area contributed by atoms with Crippen LogP contribution in [0.5, 0.6) is 0 Å². The number of furan rings is 2. The van der Waals surface area contributed by atoms with Crippen LogP contribution in [0.2, 0.25) is 0 Å². The molecule has 1 atom stereocenters. The lowest BCUT2D eigenvalue weighted by Crippen LogP contribution is -2.10. The molecule has 1 unspecified atom stereocenters. The molecule has 0 saturated carbocycles. The van der Waals surface area contributed by atoms with Gasteiger partial charge in [-0.15, -0.1) is 0 Å². The van der Waals surface area contributed by atoms with Crippen LogP contribution in [-0.4, -0.2) is 0 Å². The Kier molecular flexibility index (Phi) is 2.62. The summed E-state index contributed by atoms with van der Waals surface area (Å²) in [6, 6.07) is 15.9. The summed E-state index contributed by atoms with van der Waals surface area (Å²) in [7, 11) is 0. The Labute approximate surface area is 122 Å². The Hall–Kier alpha value is -2.52. The second-order valence-electron chi connectivity index (χ2n) is 5.32. The molecule has 3 heteroatoms. The van der Waals surface area contributed by atoms with Gasteiger partial charge in [0.2, 0.25) is 0 Å². The lowest BCUT2D eigenvalue weighted by atomic mass is 10.00. The second-order valence-corrected chi connectivity index (χ2v) is 5.32. The largest absolute Gasteiger partial charge is 0.469 e. The molecule has 0 radical (unpaired) electrons. The van der Waals surface area contributed by atoms with E-state index in [9.17, 15) is 0 Å². The molecule has 0 bridgehead atoms. The van der Waals surface area contributed by atoms with Crippen LogP contribution < -0.4 is 5.73 Å². The predicted molar refractivity (Wildman–Crippen MR) is 83.2 cm³/mol. The quantitative estimate of drug-likeness (QED) is 0.585. The van der Waals surface area contributed by atoms with E-state index < -0.39 is 0 Å². The van der Waals surface area contributed by atoms with Gasteiger partial charge in [0.15, 0.2) is 0 Å². The average molecular weight is 277 g/mol. The summed E-state index contributed by atoms with van der Waals surface area (Å²) in [4.78, 5) is 0. The summed E-state index contributed by atoms with van der Waals surface area (Å²) >= 11 is 0. The fourth-order valence-corrected chi connectivity index (χ4v) is 2.76. The van der Waals surface area contributed by atoms with Gasteiger partial charge in [-0.1, -0.05) is 24.3 Å². The molecule has 4 aromatic rings. The van der Waals surface area contributed by atoms with E-state index in [1.54, 1.807) is 6.26 Å². The Bertz CT molecular complexity index is 933. The molecule has 2 N–H and O–H groups in total. The van der Waals surface area contributed by atoms with Crippen molar-refractivity contribution in [2.75, 3.05) is 0 Å². The van der Waals surface area contributed by atoms with Crippen LogP contribution in [0.4, 0.5) is 0 Å². The Morgan fingerprint density at radius 2 is 1.71 bits per heavy atom. The van der Waals surface area contributed by atoms with E-state index in [1.807, 2.05) is 43.3 Å². The third-order valence-electron chi connectivity index (χ3n) is 3.87. The summed E-state index contributed by atoms with van der Waals surface area (Å²) in [5.41, 5.74) is 10.2. The van der Waals surface area contributed by atoms with Crippen molar-refractivity contribution in [3.63, 3.8) is 0 Å². The van der Waals surface area contributed by atoms with Crippen LogP contribution >= 0.6 is 0 Å². The molecule has 0 fully saturated rings. The van der Waals surface area contributed by atoms with Crippen molar-refractivity contribution in [1.29, 1.82) is 0 Å². The third kappa shape index (κ3) is 1.94. The van der Waals surface area contributed by atoms with Crippen LogP contribution in [0.1, 0.15) is 22.9 Å². The Morgan fingerprint density at radius 3 is 2.52 bits per heavy atom. The molecule has 21 heavy (non-hydrogen) atoms. The standard InChI is InChI=1S/C18H15NO2/c1-11-8-13(10-20-11)18(19)12-6-7-17-15(9-12)14-4-2-3-5-16(14)21-17/h2-10,18H,19H2,1H3. The van der Waals surface area contributed by atoms with Gasteiger partial charge in [-0.2, -0.15) is 0 Å². The zero-order chi connectivity index (χ0) is 14.4. The van der Waals surface area contributed by atoms with Crippen molar-refractivity contribution in [1.82, 2.24) is 0 Å². The van der Waals surface area contributed by atoms with Gasteiger partial charge < -0.3 is 14.6 Å². The number of aryl methyl sites for hydroxylation is 1. The van der Waals surface area contributed by atoms with E-state index in [0.29, 0.717) is 0 Å². The number of benzene rings is 2. The molecule has 2 aromatic carbocycles. The molecule has 3 nitrogen and oxygen atoms in total. The number of rotatable bonds is 2. The summed E-state index contributed by atoms with van der Waals surface area (Å²) in [5, 5.41) is 2.21. The van der Waals surface area contributed by atoms with Crippen molar-refractivity contribution in [3.05, 3.63) is 71.7 Å². The van der Waals surface area contributed by atoms with E-state index >= 15 is 0 Å². The minimum Gasteiger partial charge on any atom is -0.469 e. The minimum atomic E-state index is -0.194. The fraction of sp³-hybridized carbons (Fsp3) is 0.111. The highest BCUT2D eigenvalue weighted by Crippen LogP contribution is 2.31. The molecule has 0 aliphatic carbocycles. The van der Waals surface area contributed by atoms with Gasteiger partial charge in [0.25, 0.3) is 0 Å². The van der Waals surface area contributed by atoms with Gasteiger partial charge in [-0.3, -0.25) is 0 Å². The van der Waals surface area contributed by atoms with Gasteiger partial charge >= 0.3 is 0 Å². The first-order chi connectivity index (χ1) is 10.2. The van der Waals surface area contributed by atoms with Crippen LogP contribution in [0.25, 0.3) is 21.9 Å². The van der Waals surface area contributed by atoms with Crippen molar-refractivity contribution in [3.8, 4) is 0 Å². The summed E-state index contributed by atoms with van der Waals surface area (Å²) < 4.78 is 11.2. The minimum absolute atomic E-state index is 0.194. The van der Waals surface area contributed by atoms with Gasteiger partial charge in [-0.25, -0.2) is 0 Å². The number of hydrogen-bond donors (Lipinski definition) is 1. The maximum Gasteiger partial charge on any atom is 0.135 e. The monoisotopic (exact) mass is 277 g/mol. The third-order valence-corrected chi connectivity index (χ3v) is 3.87. The maximum absolute atomic E-state index is 6.34. The summed E-state index contributed by atoms with van der Waals surface area (Å²) in [5.74, 6) is 0.871. The molecule has 0 amide bonds. The van der Waals surface area contributed by atoms with Gasteiger partial charge in [0.1, 0.15) is 16.9 Å². The fourth-order valence-electron chi connectivity index (χ4n) is 2.76. The van der Waals surface area contributed by atoms with Gasteiger partial charge in [0, 0.05) is 16.3 Å². The van der Waals surface area contributed by atoms with E-state index in [4.69, 9.17) is 14.6 Å².